The number of fused-ring (bicyclic) bond motifs is 1. The Kier molecular flexibility index (Phi) is 4.59. The topological polar surface area (TPSA) is 41.6 Å². The fourth-order valence-corrected chi connectivity index (χ4v) is 3.71. The molecule has 130 valence electrons. The van der Waals surface area contributed by atoms with Gasteiger partial charge in [0.25, 0.3) is 5.91 Å². The fraction of sp³-hybridized carbons (Fsp3) is 0.381. The summed E-state index contributed by atoms with van der Waals surface area (Å²) in [6, 6.07) is 16.0. The molecule has 1 fully saturated rings. The summed E-state index contributed by atoms with van der Waals surface area (Å²) in [4.78, 5) is 15.1. The summed E-state index contributed by atoms with van der Waals surface area (Å²) in [6.45, 7) is 2.11. The average molecular weight is 336 g/mol. The lowest BCUT2D eigenvalue weighted by Gasteiger charge is -2.25. The van der Waals surface area contributed by atoms with Gasteiger partial charge in [0, 0.05) is 19.5 Å². The standard InChI is InChI=1S/C21H24N2O2/c24-21(20-15-16-9-3-6-12-19(16)25-20)22-17-10-4-5-11-18(17)23-13-7-1-2-8-14-23/h3-6,9-12,20H,1-2,7-8,13-15H2,(H,22,24)/t20-/m0/s1. The van der Waals surface area contributed by atoms with Crippen molar-refractivity contribution in [2.75, 3.05) is 23.3 Å². The zero-order chi connectivity index (χ0) is 17.1. The number of carbonyl (C=O) groups excluding carboxylic acids is 1. The van der Waals surface area contributed by atoms with E-state index in [1.807, 2.05) is 42.5 Å². The predicted octanol–water partition coefficient (Wildman–Crippen LogP) is 4.01. The van der Waals surface area contributed by atoms with Gasteiger partial charge in [0.15, 0.2) is 6.10 Å². The first-order valence-corrected chi connectivity index (χ1v) is 9.21. The smallest absolute Gasteiger partial charge is 0.265 e. The van der Waals surface area contributed by atoms with Crippen molar-refractivity contribution < 1.29 is 9.53 Å². The van der Waals surface area contributed by atoms with Crippen LogP contribution >= 0.6 is 0 Å². The molecule has 4 heteroatoms. The summed E-state index contributed by atoms with van der Waals surface area (Å²) in [7, 11) is 0. The van der Waals surface area contributed by atoms with E-state index in [2.05, 4.69) is 16.3 Å². The maximum absolute atomic E-state index is 12.7. The molecule has 1 atom stereocenters. The molecular formula is C21H24N2O2. The van der Waals surface area contributed by atoms with E-state index >= 15 is 0 Å². The summed E-state index contributed by atoms with van der Waals surface area (Å²) >= 11 is 0. The van der Waals surface area contributed by atoms with Crippen molar-refractivity contribution in [2.24, 2.45) is 0 Å². The van der Waals surface area contributed by atoms with Crippen LogP contribution in [0.15, 0.2) is 48.5 Å². The number of amides is 1. The number of hydrogen-bond acceptors (Lipinski definition) is 3. The number of hydrogen-bond donors (Lipinski definition) is 1. The average Bonchev–Trinajstić information content (AvgIpc) is 2.90. The van der Waals surface area contributed by atoms with E-state index in [1.54, 1.807) is 0 Å². The number of anilines is 2. The van der Waals surface area contributed by atoms with Crippen LogP contribution < -0.4 is 15.0 Å². The van der Waals surface area contributed by atoms with E-state index in [9.17, 15) is 4.79 Å². The number of nitrogens with one attached hydrogen (secondary N) is 1. The van der Waals surface area contributed by atoms with Crippen LogP contribution in [0, 0.1) is 0 Å². The third-order valence-electron chi connectivity index (χ3n) is 5.05. The summed E-state index contributed by atoms with van der Waals surface area (Å²) in [6.07, 6.45) is 5.19. The second-order valence-corrected chi connectivity index (χ2v) is 6.83. The van der Waals surface area contributed by atoms with Gasteiger partial charge < -0.3 is 15.0 Å². The largest absolute Gasteiger partial charge is 0.480 e. The Morgan fingerprint density at radius 3 is 2.48 bits per heavy atom. The molecule has 2 aromatic rings. The highest BCUT2D eigenvalue weighted by atomic mass is 16.5. The number of carbonyl (C=O) groups is 1. The molecule has 0 aliphatic carbocycles. The second kappa shape index (κ2) is 7.18. The molecule has 4 nitrogen and oxygen atoms in total. The Bertz CT molecular complexity index is 726. The van der Waals surface area contributed by atoms with Gasteiger partial charge in [-0.1, -0.05) is 43.2 Å². The van der Waals surface area contributed by atoms with Crippen LogP contribution in [0.4, 0.5) is 11.4 Å². The quantitative estimate of drug-likeness (QED) is 0.921. The number of para-hydroxylation sites is 3. The van der Waals surface area contributed by atoms with E-state index in [4.69, 9.17) is 4.74 Å². The molecular weight excluding hydrogens is 312 g/mol. The molecule has 0 saturated carbocycles. The molecule has 1 saturated heterocycles. The monoisotopic (exact) mass is 336 g/mol. The van der Waals surface area contributed by atoms with Crippen molar-refractivity contribution in [2.45, 2.75) is 38.2 Å². The van der Waals surface area contributed by atoms with Crippen LogP contribution in [0.3, 0.4) is 0 Å². The van der Waals surface area contributed by atoms with Crippen molar-refractivity contribution in [3.8, 4) is 5.75 Å². The number of rotatable bonds is 3. The number of nitrogens with zero attached hydrogens (tertiary/aromatic N) is 1. The van der Waals surface area contributed by atoms with Crippen molar-refractivity contribution in [3.63, 3.8) is 0 Å². The van der Waals surface area contributed by atoms with Gasteiger partial charge in [-0.2, -0.15) is 0 Å². The van der Waals surface area contributed by atoms with E-state index in [-0.39, 0.29) is 5.91 Å². The van der Waals surface area contributed by atoms with Crippen molar-refractivity contribution in [1.29, 1.82) is 0 Å². The molecule has 0 aromatic heterocycles. The first-order valence-electron chi connectivity index (χ1n) is 9.21. The van der Waals surface area contributed by atoms with Gasteiger partial charge in [-0.3, -0.25) is 4.79 Å². The zero-order valence-corrected chi connectivity index (χ0v) is 14.4. The molecule has 0 unspecified atom stereocenters. The highest BCUT2D eigenvalue weighted by molar-refractivity contribution is 5.98. The lowest BCUT2D eigenvalue weighted by atomic mass is 10.1. The van der Waals surface area contributed by atoms with E-state index in [1.165, 1.54) is 25.7 Å². The Morgan fingerprint density at radius 1 is 0.960 bits per heavy atom. The Hall–Kier alpha value is -2.49. The van der Waals surface area contributed by atoms with Crippen LogP contribution in [-0.2, 0) is 11.2 Å². The zero-order valence-electron chi connectivity index (χ0n) is 14.4. The lowest BCUT2D eigenvalue weighted by Crippen LogP contribution is -2.32. The van der Waals surface area contributed by atoms with Gasteiger partial charge in [-0.05, 0) is 36.6 Å². The van der Waals surface area contributed by atoms with Crippen LogP contribution in [0.25, 0.3) is 0 Å². The van der Waals surface area contributed by atoms with Crippen LogP contribution in [-0.4, -0.2) is 25.1 Å². The van der Waals surface area contributed by atoms with Crippen molar-refractivity contribution in [3.05, 3.63) is 54.1 Å². The van der Waals surface area contributed by atoms with Crippen LogP contribution in [0.1, 0.15) is 31.2 Å². The van der Waals surface area contributed by atoms with Gasteiger partial charge >= 0.3 is 0 Å². The maximum Gasteiger partial charge on any atom is 0.265 e. The van der Waals surface area contributed by atoms with Crippen LogP contribution in [0.5, 0.6) is 5.75 Å². The molecule has 25 heavy (non-hydrogen) atoms. The van der Waals surface area contributed by atoms with Gasteiger partial charge in [0.2, 0.25) is 0 Å². The molecule has 2 aliphatic rings. The number of ether oxygens (including phenoxy) is 1. The SMILES string of the molecule is O=C(Nc1ccccc1N1CCCCCC1)[C@@H]1Cc2ccccc2O1. The summed E-state index contributed by atoms with van der Waals surface area (Å²) < 4.78 is 5.82. The molecule has 1 amide bonds. The third kappa shape index (κ3) is 3.48. The Labute approximate surface area is 148 Å². The first kappa shape index (κ1) is 16.0. The normalized spacial score (nSPS) is 19.7. The van der Waals surface area contributed by atoms with Gasteiger partial charge in [-0.25, -0.2) is 0 Å². The van der Waals surface area contributed by atoms with E-state index in [0.717, 1.165) is 35.8 Å². The van der Waals surface area contributed by atoms with Gasteiger partial charge in [0.05, 0.1) is 11.4 Å². The Morgan fingerprint density at radius 2 is 1.68 bits per heavy atom. The number of benzene rings is 2. The summed E-state index contributed by atoms with van der Waals surface area (Å²) in [5.41, 5.74) is 3.10. The molecule has 0 bridgehead atoms. The Balaban J connectivity index is 1.49. The van der Waals surface area contributed by atoms with Crippen LogP contribution in [0.2, 0.25) is 0 Å². The molecule has 2 heterocycles. The minimum Gasteiger partial charge on any atom is -0.480 e. The minimum absolute atomic E-state index is 0.0709. The van der Waals surface area contributed by atoms with Gasteiger partial charge in [-0.15, -0.1) is 0 Å². The van der Waals surface area contributed by atoms with Crippen molar-refractivity contribution in [1.82, 2.24) is 0 Å². The second-order valence-electron chi connectivity index (χ2n) is 6.83. The molecule has 1 N–H and O–H groups in total. The minimum atomic E-state index is -0.449. The van der Waals surface area contributed by atoms with Crippen molar-refractivity contribution >= 4 is 17.3 Å². The molecule has 2 aromatic carbocycles. The molecule has 0 radical (unpaired) electrons. The molecule has 0 spiro atoms. The van der Waals surface area contributed by atoms with Gasteiger partial charge in [0.1, 0.15) is 5.75 Å². The highest BCUT2D eigenvalue weighted by Gasteiger charge is 2.29. The van der Waals surface area contributed by atoms with E-state index in [0.29, 0.717) is 6.42 Å². The first-order chi connectivity index (χ1) is 12.3. The van der Waals surface area contributed by atoms with E-state index < -0.39 is 6.10 Å². The molecule has 4 rings (SSSR count). The highest BCUT2D eigenvalue weighted by Crippen LogP contribution is 2.31. The predicted molar refractivity (Wildman–Crippen MR) is 100 cm³/mol. The fourth-order valence-electron chi connectivity index (χ4n) is 3.71. The summed E-state index contributed by atoms with van der Waals surface area (Å²) in [5, 5.41) is 3.10. The lowest BCUT2D eigenvalue weighted by molar-refractivity contribution is -0.122. The summed E-state index contributed by atoms with van der Waals surface area (Å²) in [5.74, 6) is 0.752. The third-order valence-corrected chi connectivity index (χ3v) is 5.05. The maximum atomic E-state index is 12.7. The molecule has 2 aliphatic heterocycles.